The zero-order chi connectivity index (χ0) is 12.4. The highest BCUT2D eigenvalue weighted by Gasteiger charge is 2.12. The maximum Gasteiger partial charge on any atom is 0.239 e. The third-order valence-electron chi connectivity index (χ3n) is 2.20. The molecule has 1 N–H and O–H groups in total. The van der Waals surface area contributed by atoms with Crippen molar-refractivity contribution < 1.29 is 14.3 Å². The summed E-state index contributed by atoms with van der Waals surface area (Å²) in [6.45, 7) is 5.20. The molecule has 16 heavy (non-hydrogen) atoms. The summed E-state index contributed by atoms with van der Waals surface area (Å²) in [6.07, 6.45) is 2.00. The molecule has 0 aromatic rings. The number of methoxy groups -OCH3 is 1. The van der Waals surface area contributed by atoms with Crippen LogP contribution in [0.2, 0.25) is 0 Å². The van der Waals surface area contributed by atoms with E-state index >= 15 is 0 Å². The monoisotopic (exact) mass is 230 g/mol. The van der Waals surface area contributed by atoms with Crippen molar-refractivity contribution in [3.63, 3.8) is 0 Å². The number of unbranched alkanes of at least 4 members (excludes halogenated alkanes) is 1. The fraction of sp³-hybridized carbons (Fsp3) is 0.818. The van der Waals surface area contributed by atoms with Crippen molar-refractivity contribution in [3.8, 4) is 0 Å². The van der Waals surface area contributed by atoms with Gasteiger partial charge in [-0.25, -0.2) is 0 Å². The molecule has 0 unspecified atom stereocenters. The SMILES string of the molecule is CCCCNC(=O)CN(CCOC)C(C)=O. The number of amides is 2. The normalized spacial score (nSPS) is 9.94. The third kappa shape index (κ3) is 7.23. The number of hydrogen-bond donors (Lipinski definition) is 1. The van der Waals surface area contributed by atoms with Crippen LogP contribution >= 0.6 is 0 Å². The number of hydrogen-bond acceptors (Lipinski definition) is 3. The Kier molecular flexibility index (Phi) is 8.52. The fourth-order valence-electron chi connectivity index (χ4n) is 1.18. The molecule has 0 aliphatic rings. The van der Waals surface area contributed by atoms with Gasteiger partial charge in [-0.05, 0) is 6.42 Å². The molecule has 0 heterocycles. The third-order valence-corrected chi connectivity index (χ3v) is 2.20. The number of ether oxygens (including phenoxy) is 1. The Morgan fingerprint density at radius 2 is 2.06 bits per heavy atom. The maximum atomic E-state index is 11.5. The van der Waals surface area contributed by atoms with Crippen molar-refractivity contribution in [3.05, 3.63) is 0 Å². The molecule has 0 atom stereocenters. The molecule has 0 radical (unpaired) electrons. The van der Waals surface area contributed by atoms with Crippen LogP contribution in [0.15, 0.2) is 0 Å². The molecule has 0 bridgehead atoms. The summed E-state index contributed by atoms with van der Waals surface area (Å²) in [6, 6.07) is 0. The smallest absolute Gasteiger partial charge is 0.239 e. The molecule has 0 saturated carbocycles. The summed E-state index contributed by atoms with van der Waals surface area (Å²) in [4.78, 5) is 24.1. The molecule has 5 nitrogen and oxygen atoms in total. The van der Waals surface area contributed by atoms with Crippen LogP contribution < -0.4 is 5.32 Å². The second-order valence-corrected chi connectivity index (χ2v) is 3.64. The van der Waals surface area contributed by atoms with E-state index in [1.54, 1.807) is 7.11 Å². The first-order valence-corrected chi connectivity index (χ1v) is 5.63. The van der Waals surface area contributed by atoms with Crippen molar-refractivity contribution in [2.45, 2.75) is 26.7 Å². The van der Waals surface area contributed by atoms with Crippen LogP contribution in [0.3, 0.4) is 0 Å². The minimum atomic E-state index is -0.111. The Bertz CT molecular complexity index is 219. The van der Waals surface area contributed by atoms with Gasteiger partial charge in [0.2, 0.25) is 11.8 Å². The molecule has 0 aromatic heterocycles. The largest absolute Gasteiger partial charge is 0.383 e. The van der Waals surface area contributed by atoms with Gasteiger partial charge in [0, 0.05) is 27.1 Å². The lowest BCUT2D eigenvalue weighted by molar-refractivity contribution is -0.134. The number of rotatable bonds is 8. The predicted octanol–water partition coefficient (Wildman–Crippen LogP) is 0.398. The van der Waals surface area contributed by atoms with Gasteiger partial charge in [-0.3, -0.25) is 9.59 Å². The van der Waals surface area contributed by atoms with E-state index < -0.39 is 0 Å². The molecular weight excluding hydrogens is 208 g/mol. The quantitative estimate of drug-likeness (QED) is 0.614. The zero-order valence-electron chi connectivity index (χ0n) is 10.4. The molecule has 0 fully saturated rings. The van der Waals surface area contributed by atoms with Crippen LogP contribution in [-0.4, -0.2) is 50.1 Å². The summed E-state index contributed by atoms with van der Waals surface area (Å²) < 4.78 is 4.88. The predicted molar refractivity (Wildman–Crippen MR) is 62.0 cm³/mol. The van der Waals surface area contributed by atoms with Gasteiger partial charge in [-0.1, -0.05) is 13.3 Å². The Morgan fingerprint density at radius 1 is 1.38 bits per heavy atom. The van der Waals surface area contributed by atoms with Gasteiger partial charge in [0.05, 0.1) is 13.2 Å². The van der Waals surface area contributed by atoms with Crippen LogP contribution in [0, 0.1) is 0 Å². The summed E-state index contributed by atoms with van der Waals surface area (Å²) >= 11 is 0. The molecule has 0 aromatic carbocycles. The number of nitrogens with zero attached hydrogens (tertiary/aromatic N) is 1. The maximum absolute atomic E-state index is 11.5. The fourth-order valence-corrected chi connectivity index (χ4v) is 1.18. The Hall–Kier alpha value is -1.10. The summed E-state index contributed by atoms with van der Waals surface area (Å²) in [5.74, 6) is -0.220. The molecule has 0 aliphatic carbocycles. The lowest BCUT2D eigenvalue weighted by Gasteiger charge is -2.19. The van der Waals surface area contributed by atoms with Crippen LogP contribution in [-0.2, 0) is 14.3 Å². The lowest BCUT2D eigenvalue weighted by Crippen LogP contribution is -2.41. The molecular formula is C11H22N2O3. The van der Waals surface area contributed by atoms with Crippen LogP contribution in [0.5, 0.6) is 0 Å². The van der Waals surface area contributed by atoms with E-state index in [9.17, 15) is 9.59 Å². The van der Waals surface area contributed by atoms with Gasteiger partial charge in [0.25, 0.3) is 0 Å². The topological polar surface area (TPSA) is 58.6 Å². The van der Waals surface area contributed by atoms with Gasteiger partial charge < -0.3 is 15.0 Å². The summed E-state index contributed by atoms with van der Waals surface area (Å²) in [5, 5.41) is 2.77. The van der Waals surface area contributed by atoms with Crippen molar-refractivity contribution in [1.82, 2.24) is 10.2 Å². The van der Waals surface area contributed by atoms with Gasteiger partial charge in [-0.15, -0.1) is 0 Å². The van der Waals surface area contributed by atoms with E-state index in [0.717, 1.165) is 12.8 Å². The molecule has 0 spiro atoms. The molecule has 5 heteroatoms. The van der Waals surface area contributed by atoms with Crippen molar-refractivity contribution in [2.24, 2.45) is 0 Å². The molecule has 0 rings (SSSR count). The molecule has 2 amide bonds. The second-order valence-electron chi connectivity index (χ2n) is 3.64. The second kappa shape index (κ2) is 9.15. The van der Waals surface area contributed by atoms with Crippen molar-refractivity contribution in [1.29, 1.82) is 0 Å². The molecule has 0 aliphatic heterocycles. The van der Waals surface area contributed by atoms with E-state index in [2.05, 4.69) is 12.2 Å². The van der Waals surface area contributed by atoms with Gasteiger partial charge in [-0.2, -0.15) is 0 Å². The van der Waals surface area contributed by atoms with Crippen molar-refractivity contribution >= 4 is 11.8 Å². The van der Waals surface area contributed by atoms with Gasteiger partial charge in [0.1, 0.15) is 0 Å². The first-order valence-electron chi connectivity index (χ1n) is 5.63. The van der Waals surface area contributed by atoms with E-state index in [1.165, 1.54) is 11.8 Å². The number of carbonyl (C=O) groups excluding carboxylic acids is 2. The molecule has 0 saturated heterocycles. The Morgan fingerprint density at radius 3 is 2.56 bits per heavy atom. The highest BCUT2D eigenvalue weighted by atomic mass is 16.5. The molecule has 94 valence electrons. The average molecular weight is 230 g/mol. The highest BCUT2D eigenvalue weighted by Crippen LogP contribution is 1.90. The van der Waals surface area contributed by atoms with Crippen molar-refractivity contribution in [2.75, 3.05) is 33.4 Å². The summed E-state index contributed by atoms with van der Waals surface area (Å²) in [7, 11) is 1.57. The van der Waals surface area contributed by atoms with E-state index in [-0.39, 0.29) is 18.4 Å². The highest BCUT2D eigenvalue weighted by molar-refractivity contribution is 5.83. The first kappa shape index (κ1) is 14.9. The van der Waals surface area contributed by atoms with Gasteiger partial charge >= 0.3 is 0 Å². The Balaban J connectivity index is 3.88. The van der Waals surface area contributed by atoms with Crippen LogP contribution in [0.1, 0.15) is 26.7 Å². The van der Waals surface area contributed by atoms with E-state index in [0.29, 0.717) is 19.7 Å². The minimum absolute atomic E-state index is 0.109. The standard InChI is InChI=1S/C11H22N2O3/c1-4-5-6-12-11(15)9-13(10(2)14)7-8-16-3/h4-9H2,1-3H3,(H,12,15). The summed E-state index contributed by atoms with van der Waals surface area (Å²) in [5.41, 5.74) is 0. The minimum Gasteiger partial charge on any atom is -0.383 e. The zero-order valence-corrected chi connectivity index (χ0v) is 10.4. The number of nitrogens with one attached hydrogen (secondary N) is 1. The van der Waals surface area contributed by atoms with E-state index in [4.69, 9.17) is 4.74 Å². The first-order chi connectivity index (χ1) is 7.61. The van der Waals surface area contributed by atoms with Crippen LogP contribution in [0.25, 0.3) is 0 Å². The van der Waals surface area contributed by atoms with Gasteiger partial charge in [0.15, 0.2) is 0 Å². The number of carbonyl (C=O) groups is 2. The average Bonchev–Trinajstić information content (AvgIpc) is 2.24. The van der Waals surface area contributed by atoms with E-state index in [1.807, 2.05) is 0 Å². The van der Waals surface area contributed by atoms with Crippen LogP contribution in [0.4, 0.5) is 0 Å². The lowest BCUT2D eigenvalue weighted by atomic mass is 10.3. The Labute approximate surface area is 97.1 Å².